The fourth-order valence-electron chi connectivity index (χ4n) is 4.29. The fraction of sp³-hybridized carbons (Fsp3) is 0. The molecular formula is C33H22Br2N2S. The third kappa shape index (κ3) is 5.51. The van der Waals surface area contributed by atoms with E-state index < -0.39 is 0 Å². The van der Waals surface area contributed by atoms with Crippen LogP contribution in [0.3, 0.4) is 0 Å². The molecule has 0 bridgehead atoms. The van der Waals surface area contributed by atoms with Gasteiger partial charge >= 0.3 is 0 Å². The molecule has 0 spiro atoms. The summed E-state index contributed by atoms with van der Waals surface area (Å²) in [5.41, 5.74) is 7.82. The van der Waals surface area contributed by atoms with Crippen molar-refractivity contribution in [2.45, 2.75) is 0 Å². The number of halogens is 2. The van der Waals surface area contributed by atoms with E-state index in [2.05, 4.69) is 164 Å². The molecule has 0 atom stereocenters. The smallest absolute Gasteiger partial charge is 0.124 e. The van der Waals surface area contributed by atoms with E-state index in [9.17, 15) is 0 Å². The molecule has 0 aliphatic carbocycles. The van der Waals surface area contributed by atoms with Gasteiger partial charge in [-0.15, -0.1) is 11.3 Å². The van der Waals surface area contributed by atoms with Gasteiger partial charge in [0.15, 0.2) is 0 Å². The van der Waals surface area contributed by atoms with Crippen LogP contribution in [-0.2, 0) is 0 Å². The molecule has 5 aromatic carbocycles. The first-order valence-electron chi connectivity index (χ1n) is 12.2. The van der Waals surface area contributed by atoms with Crippen molar-refractivity contribution in [1.82, 2.24) is 4.98 Å². The Bertz CT molecular complexity index is 1630. The van der Waals surface area contributed by atoms with Crippen molar-refractivity contribution < 1.29 is 0 Å². The molecule has 0 aliphatic heterocycles. The lowest BCUT2D eigenvalue weighted by Crippen LogP contribution is -2.09. The Morgan fingerprint density at radius 2 is 1.03 bits per heavy atom. The van der Waals surface area contributed by atoms with Gasteiger partial charge in [0, 0.05) is 31.6 Å². The summed E-state index contributed by atoms with van der Waals surface area (Å²) in [6.07, 6.45) is 4.30. The van der Waals surface area contributed by atoms with Crippen LogP contribution in [0.1, 0.15) is 11.1 Å². The van der Waals surface area contributed by atoms with Gasteiger partial charge in [0.2, 0.25) is 0 Å². The second-order valence-electron chi connectivity index (χ2n) is 8.82. The Balaban J connectivity index is 1.22. The number of benzene rings is 5. The summed E-state index contributed by atoms with van der Waals surface area (Å²) in [4.78, 5) is 7.03. The van der Waals surface area contributed by atoms with Crippen LogP contribution in [0.15, 0.2) is 130 Å². The number of aromatic nitrogens is 1. The van der Waals surface area contributed by atoms with Gasteiger partial charge in [-0.25, -0.2) is 4.98 Å². The van der Waals surface area contributed by atoms with Crippen LogP contribution in [0.5, 0.6) is 0 Å². The van der Waals surface area contributed by atoms with E-state index in [-0.39, 0.29) is 0 Å². The highest BCUT2D eigenvalue weighted by molar-refractivity contribution is 9.10. The molecule has 0 N–H and O–H groups in total. The zero-order chi connectivity index (χ0) is 25.9. The number of para-hydroxylation sites is 1. The topological polar surface area (TPSA) is 16.1 Å². The average Bonchev–Trinajstić information content (AvgIpc) is 3.40. The van der Waals surface area contributed by atoms with Gasteiger partial charge in [-0.3, -0.25) is 0 Å². The van der Waals surface area contributed by atoms with Gasteiger partial charge in [-0.2, -0.15) is 0 Å². The van der Waals surface area contributed by atoms with Gasteiger partial charge in [0.25, 0.3) is 0 Å². The molecule has 0 unspecified atom stereocenters. The molecule has 38 heavy (non-hydrogen) atoms. The minimum absolute atomic E-state index is 1.05. The van der Waals surface area contributed by atoms with Crippen molar-refractivity contribution in [3.63, 3.8) is 0 Å². The van der Waals surface area contributed by atoms with Gasteiger partial charge in [0.05, 0.1) is 10.2 Å². The molecule has 184 valence electrons. The van der Waals surface area contributed by atoms with Crippen LogP contribution >= 0.6 is 43.2 Å². The Kier molecular flexibility index (Phi) is 7.23. The van der Waals surface area contributed by atoms with Crippen LogP contribution in [0, 0.1) is 0 Å². The number of nitrogens with zero attached hydrogens (tertiary/aromatic N) is 2. The lowest BCUT2D eigenvalue weighted by Gasteiger charge is -2.25. The Labute approximate surface area is 243 Å². The fourth-order valence-corrected chi connectivity index (χ4v) is 5.79. The number of rotatable bonds is 6. The molecule has 1 aromatic heterocycles. The van der Waals surface area contributed by atoms with E-state index in [1.54, 1.807) is 11.3 Å². The van der Waals surface area contributed by atoms with Crippen LogP contribution in [0.25, 0.3) is 32.9 Å². The Hall–Kier alpha value is -3.51. The molecule has 5 heteroatoms. The van der Waals surface area contributed by atoms with E-state index in [0.717, 1.165) is 53.2 Å². The van der Waals surface area contributed by atoms with Crippen LogP contribution in [0.2, 0.25) is 0 Å². The molecule has 2 nitrogen and oxygen atoms in total. The minimum Gasteiger partial charge on any atom is -0.311 e. The maximum Gasteiger partial charge on any atom is 0.124 e. The van der Waals surface area contributed by atoms with Crippen molar-refractivity contribution >= 4 is 82.6 Å². The van der Waals surface area contributed by atoms with Crippen LogP contribution in [0.4, 0.5) is 17.1 Å². The molecule has 6 aromatic rings. The summed E-state index contributed by atoms with van der Waals surface area (Å²) in [5.74, 6) is 0. The predicted octanol–water partition coefficient (Wildman–Crippen LogP) is 11.1. The summed E-state index contributed by atoms with van der Waals surface area (Å²) < 4.78 is 3.34. The highest BCUT2D eigenvalue weighted by atomic mass is 79.9. The van der Waals surface area contributed by atoms with Crippen molar-refractivity contribution in [2.24, 2.45) is 0 Å². The summed E-state index contributed by atoms with van der Waals surface area (Å²) in [7, 11) is 0. The van der Waals surface area contributed by atoms with E-state index in [1.807, 2.05) is 6.07 Å². The lowest BCUT2D eigenvalue weighted by molar-refractivity contribution is 1.28. The number of fused-ring (bicyclic) bond motifs is 1. The molecular weight excluding hydrogens is 616 g/mol. The minimum atomic E-state index is 1.05. The van der Waals surface area contributed by atoms with E-state index in [4.69, 9.17) is 4.98 Å². The largest absolute Gasteiger partial charge is 0.311 e. The summed E-state index contributed by atoms with van der Waals surface area (Å²) in [6.45, 7) is 0. The van der Waals surface area contributed by atoms with Crippen molar-refractivity contribution in [3.05, 3.63) is 141 Å². The van der Waals surface area contributed by atoms with Gasteiger partial charge in [0.1, 0.15) is 5.01 Å². The summed E-state index contributed by atoms with van der Waals surface area (Å²) in [5, 5.41) is 1.05. The summed E-state index contributed by atoms with van der Waals surface area (Å²) in [6, 6.07) is 42.3. The SMILES string of the molecule is Brc1ccc(N(c2ccc(Br)cc2)c2ccc(/C=C/c3ccc(-c4nc5ccccc5s4)cc3)cc2)cc1. The first-order chi connectivity index (χ1) is 18.6. The maximum atomic E-state index is 4.77. The molecule has 0 amide bonds. The van der Waals surface area contributed by atoms with Crippen LogP contribution < -0.4 is 4.90 Å². The number of hydrogen-bond donors (Lipinski definition) is 0. The van der Waals surface area contributed by atoms with Crippen molar-refractivity contribution in [1.29, 1.82) is 0 Å². The highest BCUT2D eigenvalue weighted by Crippen LogP contribution is 2.36. The Morgan fingerprint density at radius 1 is 0.553 bits per heavy atom. The predicted molar refractivity (Wildman–Crippen MR) is 171 cm³/mol. The first-order valence-corrected chi connectivity index (χ1v) is 14.6. The average molecular weight is 638 g/mol. The number of thiazole rings is 1. The molecule has 1 heterocycles. The quantitative estimate of drug-likeness (QED) is 0.169. The summed E-state index contributed by atoms with van der Waals surface area (Å²) >= 11 is 8.83. The third-order valence-corrected chi connectivity index (χ3v) is 8.38. The lowest BCUT2D eigenvalue weighted by atomic mass is 10.1. The zero-order valence-electron chi connectivity index (χ0n) is 20.3. The van der Waals surface area contributed by atoms with Gasteiger partial charge in [-0.05, 0) is 83.9 Å². The van der Waals surface area contributed by atoms with Crippen molar-refractivity contribution in [3.8, 4) is 10.6 Å². The van der Waals surface area contributed by atoms with Gasteiger partial charge < -0.3 is 4.90 Å². The molecule has 0 saturated carbocycles. The number of anilines is 3. The van der Waals surface area contributed by atoms with E-state index in [1.165, 1.54) is 4.70 Å². The maximum absolute atomic E-state index is 4.77. The second kappa shape index (κ2) is 11.1. The normalized spacial score (nSPS) is 11.3. The third-order valence-electron chi connectivity index (χ3n) is 6.24. The monoisotopic (exact) mass is 636 g/mol. The Morgan fingerprint density at radius 3 is 1.55 bits per heavy atom. The molecule has 0 saturated heterocycles. The van der Waals surface area contributed by atoms with Gasteiger partial charge in [-0.1, -0.05) is 92.5 Å². The highest BCUT2D eigenvalue weighted by Gasteiger charge is 2.12. The zero-order valence-corrected chi connectivity index (χ0v) is 24.2. The van der Waals surface area contributed by atoms with Crippen molar-refractivity contribution in [2.75, 3.05) is 4.90 Å². The molecule has 0 fully saturated rings. The molecule has 0 radical (unpaired) electrons. The van der Waals surface area contributed by atoms with Crippen LogP contribution in [-0.4, -0.2) is 4.98 Å². The number of hydrogen-bond acceptors (Lipinski definition) is 3. The second-order valence-corrected chi connectivity index (χ2v) is 11.7. The van der Waals surface area contributed by atoms with E-state index >= 15 is 0 Å². The molecule has 6 rings (SSSR count). The van der Waals surface area contributed by atoms with E-state index in [0.29, 0.717) is 0 Å². The molecule has 0 aliphatic rings. The first kappa shape index (κ1) is 24.8. The standard InChI is InChI=1S/C33H22Br2N2S/c34-26-13-19-29(20-14-26)37(30-21-15-27(35)16-22-30)28-17-9-24(10-18-28)6-5-23-7-11-25(12-8-23)33-36-31-3-1-2-4-32(31)38-33/h1-22H/b6-5+.